The van der Waals surface area contributed by atoms with Gasteiger partial charge in [0.15, 0.2) is 0 Å². The molecule has 0 saturated carbocycles. The normalized spacial score (nSPS) is 11.1. The maximum Gasteiger partial charge on any atom is 0.224 e. The summed E-state index contributed by atoms with van der Waals surface area (Å²) in [5, 5.41) is 2.95. The smallest absolute Gasteiger partial charge is 0.224 e. The molecular weight excluding hydrogens is 286 g/mol. The second-order valence-electron chi connectivity index (χ2n) is 6.33. The molecule has 1 heterocycles. The van der Waals surface area contributed by atoms with E-state index in [1.165, 1.54) is 5.56 Å². The van der Waals surface area contributed by atoms with E-state index in [1.807, 2.05) is 44.2 Å². The molecule has 3 rings (SSSR count). The Morgan fingerprint density at radius 2 is 2.04 bits per heavy atom. The number of imidazole rings is 1. The number of nitrogens with zero attached hydrogens (tertiary/aromatic N) is 1. The molecule has 0 fully saturated rings. The molecule has 3 aromatic rings. The van der Waals surface area contributed by atoms with Crippen molar-refractivity contribution in [1.29, 1.82) is 0 Å². The number of amides is 1. The molecule has 0 saturated heterocycles. The average molecular weight is 307 g/mol. The molecule has 0 radical (unpaired) electrons. The fourth-order valence-electron chi connectivity index (χ4n) is 2.59. The van der Waals surface area contributed by atoms with Crippen LogP contribution in [-0.4, -0.2) is 15.9 Å². The van der Waals surface area contributed by atoms with Crippen LogP contribution in [0, 0.1) is 12.8 Å². The van der Waals surface area contributed by atoms with Crippen molar-refractivity contribution in [2.75, 3.05) is 5.32 Å². The number of benzene rings is 2. The van der Waals surface area contributed by atoms with E-state index >= 15 is 0 Å². The predicted molar refractivity (Wildman–Crippen MR) is 94.4 cm³/mol. The van der Waals surface area contributed by atoms with E-state index in [0.717, 1.165) is 28.1 Å². The van der Waals surface area contributed by atoms with E-state index in [-0.39, 0.29) is 5.91 Å². The second kappa shape index (κ2) is 6.24. The monoisotopic (exact) mass is 307 g/mol. The van der Waals surface area contributed by atoms with Gasteiger partial charge in [-0.25, -0.2) is 4.98 Å². The van der Waals surface area contributed by atoms with Crippen LogP contribution in [0.1, 0.15) is 25.8 Å². The van der Waals surface area contributed by atoms with E-state index in [9.17, 15) is 4.79 Å². The van der Waals surface area contributed by atoms with Crippen LogP contribution < -0.4 is 5.32 Å². The zero-order chi connectivity index (χ0) is 16.4. The van der Waals surface area contributed by atoms with Gasteiger partial charge in [0.25, 0.3) is 0 Å². The molecule has 0 unspecified atom stereocenters. The van der Waals surface area contributed by atoms with Crippen LogP contribution in [0.25, 0.3) is 22.4 Å². The van der Waals surface area contributed by atoms with Gasteiger partial charge in [-0.1, -0.05) is 32.0 Å². The van der Waals surface area contributed by atoms with Crippen LogP contribution in [0.15, 0.2) is 42.5 Å². The largest absolute Gasteiger partial charge is 0.338 e. The zero-order valence-electron chi connectivity index (χ0n) is 13.7. The fourth-order valence-corrected chi connectivity index (χ4v) is 2.59. The lowest BCUT2D eigenvalue weighted by atomic mass is 10.1. The molecule has 0 bridgehead atoms. The van der Waals surface area contributed by atoms with E-state index in [2.05, 4.69) is 34.3 Å². The van der Waals surface area contributed by atoms with E-state index in [0.29, 0.717) is 12.3 Å². The number of carbonyl (C=O) groups excluding carboxylic acids is 1. The van der Waals surface area contributed by atoms with Crippen molar-refractivity contribution in [2.45, 2.75) is 27.2 Å². The molecule has 0 spiro atoms. The van der Waals surface area contributed by atoms with Gasteiger partial charge in [0.2, 0.25) is 5.91 Å². The summed E-state index contributed by atoms with van der Waals surface area (Å²) in [5.74, 6) is 1.19. The fraction of sp³-hybridized carbons (Fsp3) is 0.263. The summed E-state index contributed by atoms with van der Waals surface area (Å²) < 4.78 is 0. The summed E-state index contributed by atoms with van der Waals surface area (Å²) in [6.45, 7) is 6.13. The van der Waals surface area contributed by atoms with Gasteiger partial charge >= 0.3 is 0 Å². The highest BCUT2D eigenvalue weighted by Gasteiger charge is 2.08. The number of hydrogen-bond acceptors (Lipinski definition) is 2. The Morgan fingerprint density at radius 1 is 1.22 bits per heavy atom. The third-order valence-electron chi connectivity index (χ3n) is 3.65. The highest BCUT2D eigenvalue weighted by atomic mass is 16.1. The van der Waals surface area contributed by atoms with Crippen LogP contribution in [-0.2, 0) is 4.79 Å². The zero-order valence-corrected chi connectivity index (χ0v) is 13.7. The number of fused-ring (bicyclic) bond motifs is 1. The number of aromatic nitrogens is 2. The lowest BCUT2D eigenvalue weighted by Crippen LogP contribution is -2.13. The van der Waals surface area contributed by atoms with Crippen molar-refractivity contribution in [1.82, 2.24) is 9.97 Å². The molecule has 0 aliphatic carbocycles. The highest BCUT2D eigenvalue weighted by molar-refractivity contribution is 5.91. The van der Waals surface area contributed by atoms with Crippen LogP contribution in [0.2, 0.25) is 0 Å². The van der Waals surface area contributed by atoms with Crippen LogP contribution in [0.3, 0.4) is 0 Å². The van der Waals surface area contributed by atoms with E-state index in [1.54, 1.807) is 0 Å². The minimum Gasteiger partial charge on any atom is -0.338 e. The summed E-state index contributed by atoms with van der Waals surface area (Å²) in [4.78, 5) is 19.9. The molecule has 2 N–H and O–H groups in total. The third kappa shape index (κ3) is 3.59. The number of nitrogens with one attached hydrogen (secondary N) is 2. The first-order valence-corrected chi connectivity index (χ1v) is 7.88. The van der Waals surface area contributed by atoms with E-state index < -0.39 is 0 Å². The van der Waals surface area contributed by atoms with Gasteiger partial charge in [-0.3, -0.25) is 4.79 Å². The lowest BCUT2D eigenvalue weighted by Gasteiger charge is -2.08. The highest BCUT2D eigenvalue weighted by Crippen LogP contribution is 2.23. The summed E-state index contributed by atoms with van der Waals surface area (Å²) in [7, 11) is 0. The number of carbonyl (C=O) groups is 1. The summed E-state index contributed by atoms with van der Waals surface area (Å²) >= 11 is 0. The minimum absolute atomic E-state index is 0.0392. The molecule has 0 aliphatic rings. The summed E-state index contributed by atoms with van der Waals surface area (Å²) in [6.07, 6.45) is 0.522. The van der Waals surface area contributed by atoms with Gasteiger partial charge in [-0.05, 0) is 42.7 Å². The Labute approximate surface area is 136 Å². The molecule has 0 atom stereocenters. The SMILES string of the molecule is Cc1ccc2nc(-c3cccc(NC(=O)CC(C)C)c3)[nH]c2c1. The molecule has 4 nitrogen and oxygen atoms in total. The van der Waals surface area contributed by atoms with Gasteiger partial charge in [0.05, 0.1) is 11.0 Å². The summed E-state index contributed by atoms with van der Waals surface area (Å²) in [5.41, 5.74) is 4.92. The van der Waals surface area contributed by atoms with Crippen molar-refractivity contribution in [3.63, 3.8) is 0 Å². The average Bonchev–Trinajstić information content (AvgIpc) is 2.89. The quantitative estimate of drug-likeness (QED) is 0.744. The third-order valence-corrected chi connectivity index (χ3v) is 3.65. The summed E-state index contributed by atoms with van der Waals surface area (Å²) in [6, 6.07) is 13.9. The van der Waals surface area contributed by atoms with Gasteiger partial charge in [0, 0.05) is 17.7 Å². The topological polar surface area (TPSA) is 57.8 Å². The van der Waals surface area contributed by atoms with Gasteiger partial charge in [-0.15, -0.1) is 0 Å². The molecule has 2 aromatic carbocycles. The molecular formula is C19H21N3O. The molecule has 0 aliphatic heterocycles. The van der Waals surface area contributed by atoms with Crippen molar-refractivity contribution >= 4 is 22.6 Å². The number of H-pyrrole nitrogens is 1. The van der Waals surface area contributed by atoms with Gasteiger partial charge in [0.1, 0.15) is 5.82 Å². The molecule has 23 heavy (non-hydrogen) atoms. The minimum atomic E-state index is 0.0392. The first-order valence-electron chi connectivity index (χ1n) is 7.88. The van der Waals surface area contributed by atoms with Gasteiger partial charge in [-0.2, -0.15) is 0 Å². The Morgan fingerprint density at radius 3 is 2.83 bits per heavy atom. The van der Waals surface area contributed by atoms with Crippen LogP contribution in [0.4, 0.5) is 5.69 Å². The number of rotatable bonds is 4. The Balaban J connectivity index is 1.87. The van der Waals surface area contributed by atoms with Crippen molar-refractivity contribution in [3.8, 4) is 11.4 Å². The Bertz CT molecular complexity index is 849. The van der Waals surface area contributed by atoms with Crippen LogP contribution in [0.5, 0.6) is 0 Å². The standard InChI is InChI=1S/C19H21N3O/c1-12(2)9-18(23)20-15-6-4-5-14(11-15)19-21-16-8-7-13(3)10-17(16)22-19/h4-8,10-12H,9H2,1-3H3,(H,20,23)(H,21,22). The Kier molecular flexibility index (Phi) is 4.15. The Hall–Kier alpha value is -2.62. The first kappa shape index (κ1) is 15.3. The number of aryl methyl sites for hydroxylation is 1. The molecule has 4 heteroatoms. The molecule has 1 aromatic heterocycles. The molecule has 118 valence electrons. The number of anilines is 1. The van der Waals surface area contributed by atoms with Crippen LogP contribution >= 0.6 is 0 Å². The maximum absolute atomic E-state index is 11.9. The van der Waals surface area contributed by atoms with E-state index in [4.69, 9.17) is 0 Å². The lowest BCUT2D eigenvalue weighted by molar-refractivity contribution is -0.116. The first-order chi connectivity index (χ1) is 11.0. The van der Waals surface area contributed by atoms with Gasteiger partial charge < -0.3 is 10.3 Å². The predicted octanol–water partition coefficient (Wildman–Crippen LogP) is 4.52. The van der Waals surface area contributed by atoms with Crippen molar-refractivity contribution in [3.05, 3.63) is 48.0 Å². The second-order valence-corrected chi connectivity index (χ2v) is 6.33. The molecule has 1 amide bonds. The van der Waals surface area contributed by atoms with Crippen molar-refractivity contribution < 1.29 is 4.79 Å². The maximum atomic E-state index is 11.9. The number of aromatic amines is 1. The number of hydrogen-bond donors (Lipinski definition) is 2. The van der Waals surface area contributed by atoms with Crippen molar-refractivity contribution in [2.24, 2.45) is 5.92 Å².